The van der Waals surface area contributed by atoms with E-state index in [4.69, 9.17) is 16.3 Å². The normalized spacial score (nSPS) is 16.8. The lowest BCUT2D eigenvalue weighted by molar-refractivity contribution is -0.123. The lowest BCUT2D eigenvalue weighted by Gasteiger charge is -2.24. The van der Waals surface area contributed by atoms with E-state index in [1.54, 1.807) is 24.3 Å². The van der Waals surface area contributed by atoms with Gasteiger partial charge in [0.05, 0.1) is 51.4 Å². The van der Waals surface area contributed by atoms with Gasteiger partial charge in [-0.1, -0.05) is 23.7 Å². The predicted molar refractivity (Wildman–Crippen MR) is 225 cm³/mol. The third kappa shape index (κ3) is 8.00. The maximum absolute atomic E-state index is 15.5. The van der Waals surface area contributed by atoms with Crippen molar-refractivity contribution >= 4 is 55.2 Å². The van der Waals surface area contributed by atoms with E-state index in [0.717, 1.165) is 22.8 Å². The van der Waals surface area contributed by atoms with Crippen molar-refractivity contribution in [2.45, 2.75) is 50.1 Å². The summed E-state index contributed by atoms with van der Waals surface area (Å²) < 4.78 is 126. The van der Waals surface area contributed by atoms with Crippen molar-refractivity contribution < 1.29 is 49.4 Å². The third-order valence-corrected chi connectivity index (χ3v) is 13.1. The number of aryl methyl sites for hydroxylation is 2. The Morgan fingerprint density at radius 2 is 1.74 bits per heavy atom. The first kappa shape index (κ1) is 43.6. The zero-order valence-corrected chi connectivity index (χ0v) is 35.6. The number of carbonyl (C=O) groups is 1. The highest BCUT2D eigenvalue weighted by Gasteiger charge is 2.67. The number of fused-ring (bicyclic) bond motifs is 5. The minimum Gasteiger partial charge on any atom is -0.508 e. The molecule has 65 heavy (non-hydrogen) atoms. The fraction of sp³-hybridized carbons (Fsp3) is 0.279. The van der Waals surface area contributed by atoms with Crippen LogP contribution in [0.4, 0.5) is 32.2 Å². The minimum atomic E-state index is -4.10. The smallest absolute Gasteiger partial charge is 0.293 e. The zero-order chi connectivity index (χ0) is 46.3. The number of alkyl halides is 4. The highest BCUT2D eigenvalue weighted by Crippen LogP contribution is 2.68. The van der Waals surface area contributed by atoms with Crippen LogP contribution >= 0.6 is 11.6 Å². The number of ether oxygens (including phenoxy) is 1. The Morgan fingerprint density at radius 1 is 1.02 bits per heavy atom. The van der Waals surface area contributed by atoms with Gasteiger partial charge in [0, 0.05) is 37.1 Å². The molecule has 2 aliphatic rings. The summed E-state index contributed by atoms with van der Waals surface area (Å²) in [5.41, 5.74) is -2.21. The number of halogens is 7. The van der Waals surface area contributed by atoms with Crippen molar-refractivity contribution in [1.82, 2.24) is 34.4 Å². The molecule has 1 saturated carbocycles. The van der Waals surface area contributed by atoms with E-state index < -0.39 is 87.7 Å². The quantitative estimate of drug-likeness (QED) is 0.0943. The molecule has 0 aliphatic heterocycles. The number of sulfonamides is 1. The maximum Gasteiger partial charge on any atom is 0.293 e. The van der Waals surface area contributed by atoms with Gasteiger partial charge >= 0.3 is 0 Å². The van der Waals surface area contributed by atoms with Crippen LogP contribution < -0.4 is 20.3 Å². The number of hydrogen-bond acceptors (Lipinski definition) is 9. The lowest BCUT2D eigenvalue weighted by Crippen LogP contribution is -2.38. The summed E-state index contributed by atoms with van der Waals surface area (Å²) in [6.07, 6.45) is -3.62. The van der Waals surface area contributed by atoms with Gasteiger partial charge in [0.25, 0.3) is 17.9 Å². The van der Waals surface area contributed by atoms with E-state index >= 15 is 8.78 Å². The lowest BCUT2D eigenvalue weighted by atomic mass is 10.0. The monoisotopic (exact) mass is 940 g/mol. The molecular weight excluding hydrogens is 906 g/mol. The summed E-state index contributed by atoms with van der Waals surface area (Å²) in [7, 11) is -1.16. The number of carbonyl (C=O) groups excluding carboxylic acids is 1. The van der Waals surface area contributed by atoms with Crippen molar-refractivity contribution in [2.24, 2.45) is 13.0 Å². The van der Waals surface area contributed by atoms with E-state index in [-0.39, 0.29) is 79.6 Å². The van der Waals surface area contributed by atoms with Crippen LogP contribution in [-0.2, 0) is 47.2 Å². The van der Waals surface area contributed by atoms with Crippen LogP contribution in [0.1, 0.15) is 58.7 Å². The molecule has 4 aromatic carbocycles. The van der Waals surface area contributed by atoms with E-state index in [2.05, 4.69) is 25.2 Å². The van der Waals surface area contributed by atoms with Gasteiger partial charge in [0.15, 0.2) is 5.82 Å². The number of phenols is 1. The van der Waals surface area contributed by atoms with Crippen molar-refractivity contribution in [3.05, 3.63) is 134 Å². The Hall–Kier alpha value is -6.61. The van der Waals surface area contributed by atoms with E-state index in [0.29, 0.717) is 22.1 Å². The summed E-state index contributed by atoms with van der Waals surface area (Å²) in [4.78, 5) is 33.5. The number of amides is 1. The summed E-state index contributed by atoms with van der Waals surface area (Å²) in [6.45, 7) is -1.01. The first-order valence-electron chi connectivity index (χ1n) is 19.9. The number of phenolic OH excluding ortho intramolecular Hbond substituents is 1. The first-order chi connectivity index (χ1) is 30.8. The number of anilines is 1. The average molecular weight is 941 g/mol. The number of aromatic hydroxyl groups is 1. The second-order valence-corrected chi connectivity index (χ2v) is 18.1. The first-order valence-corrected chi connectivity index (χ1v) is 21.9. The largest absolute Gasteiger partial charge is 0.508 e. The van der Waals surface area contributed by atoms with Gasteiger partial charge in [-0.15, -0.1) is 0 Å². The second-order valence-electron chi connectivity index (χ2n) is 15.9. The van der Waals surface area contributed by atoms with E-state index in [9.17, 15) is 40.7 Å². The molecule has 22 heteroatoms. The number of aromatic nitrogens is 6. The molecular formula is C43H35ClF6N8O6S. The van der Waals surface area contributed by atoms with Crippen LogP contribution in [0.3, 0.4) is 0 Å². The maximum atomic E-state index is 15.5. The van der Waals surface area contributed by atoms with Gasteiger partial charge in [0.1, 0.15) is 46.9 Å². The van der Waals surface area contributed by atoms with Crippen molar-refractivity contribution in [3.63, 3.8) is 0 Å². The molecule has 0 saturated heterocycles. The fourth-order valence-corrected chi connectivity index (χ4v) is 9.92. The van der Waals surface area contributed by atoms with Gasteiger partial charge in [-0.3, -0.25) is 28.2 Å². The van der Waals surface area contributed by atoms with Gasteiger partial charge in [0.2, 0.25) is 15.9 Å². The average Bonchev–Trinajstić information content (AvgIpc) is 3.78. The number of nitrogens with one attached hydrogen (secondary N) is 2. The van der Waals surface area contributed by atoms with Gasteiger partial charge in [-0.2, -0.15) is 19.0 Å². The van der Waals surface area contributed by atoms with Gasteiger partial charge in [-0.05, 0) is 78.4 Å². The molecule has 14 nitrogen and oxygen atoms in total. The van der Waals surface area contributed by atoms with Crippen LogP contribution in [0, 0.1) is 17.6 Å². The molecule has 9 rings (SSSR count). The number of nitrogens with zero attached hydrogens (tertiary/aromatic N) is 6. The van der Waals surface area contributed by atoms with Gasteiger partial charge < -0.3 is 15.2 Å². The third-order valence-electron chi connectivity index (χ3n) is 11.6. The van der Waals surface area contributed by atoms with E-state index in [1.165, 1.54) is 43.1 Å². The molecule has 3 heterocycles. The second kappa shape index (κ2) is 16.1. The SMILES string of the molecule is COc1ccc(CCS(=O)(=O)Nc2nn(C)c3c(-n4c([C@H](Cc5cc(F)cc(F)c5)NC(=O)Cn5nc(C(F)F)c6c5C(F)(F)[C@@H]5C[C@H]65)nc5cc(O)ccc5c4=O)ccc(Cl)c23)cc1. The summed E-state index contributed by atoms with van der Waals surface area (Å²) in [6, 6.07) is 14.1. The van der Waals surface area contributed by atoms with Crippen LogP contribution in [0.2, 0.25) is 5.02 Å². The van der Waals surface area contributed by atoms with Crippen molar-refractivity contribution in [2.75, 3.05) is 17.6 Å². The molecule has 338 valence electrons. The summed E-state index contributed by atoms with van der Waals surface area (Å²) >= 11 is 6.73. The molecule has 3 atom stereocenters. The number of benzene rings is 4. The van der Waals surface area contributed by atoms with E-state index in [1.807, 2.05) is 0 Å². The highest BCUT2D eigenvalue weighted by molar-refractivity contribution is 7.92. The van der Waals surface area contributed by atoms with Gasteiger partial charge in [-0.25, -0.2) is 31.0 Å². The highest BCUT2D eigenvalue weighted by atomic mass is 35.5. The number of hydrogen-bond donors (Lipinski definition) is 3. The Balaban J connectivity index is 1.16. The molecule has 3 aromatic heterocycles. The molecule has 2 aliphatic carbocycles. The molecule has 7 aromatic rings. The number of methoxy groups -OCH3 is 1. The Labute approximate surface area is 369 Å². The van der Waals surface area contributed by atoms with Crippen LogP contribution in [0.5, 0.6) is 11.5 Å². The Morgan fingerprint density at radius 3 is 2.43 bits per heavy atom. The fourth-order valence-electron chi connectivity index (χ4n) is 8.64. The van der Waals surface area contributed by atoms with Crippen molar-refractivity contribution in [3.8, 4) is 17.2 Å². The van der Waals surface area contributed by atoms with Crippen LogP contribution in [-0.4, -0.2) is 61.4 Å². The predicted octanol–water partition coefficient (Wildman–Crippen LogP) is 7.35. The molecule has 1 amide bonds. The topological polar surface area (TPSA) is 175 Å². The minimum absolute atomic E-state index is 0.00224. The molecule has 1 fully saturated rings. The summed E-state index contributed by atoms with van der Waals surface area (Å²) in [5, 5.41) is 21.1. The Kier molecular flexibility index (Phi) is 10.8. The summed E-state index contributed by atoms with van der Waals surface area (Å²) in [5.74, 6) is -9.34. The molecule has 0 unspecified atom stereocenters. The molecule has 0 radical (unpaired) electrons. The molecule has 0 bridgehead atoms. The Bertz CT molecular complexity index is 3230. The van der Waals surface area contributed by atoms with Crippen molar-refractivity contribution in [1.29, 1.82) is 0 Å². The van der Waals surface area contributed by atoms with Crippen LogP contribution in [0.15, 0.2) is 77.6 Å². The zero-order valence-electron chi connectivity index (χ0n) is 34.0. The van der Waals surface area contributed by atoms with Crippen LogP contribution in [0.25, 0.3) is 27.5 Å². The molecule has 0 spiro atoms. The molecule has 3 N–H and O–H groups in total. The standard InChI is InChI=1S/C43H35ClF6N8O6S/c1-56-37-32(10-9-29(44)35(37)40(54-56)55-65(62,63)12-11-20-3-6-25(64-2)7-4-20)58-41(52-30-17-24(59)5-8-26(30)42(58)61)31(15-21-13-22(45)16-23(46)14-21)51-33(60)19-57-38-34(36(53-57)39(47)48)27-18-28(27)43(38,49)50/h3-10,13-14,16-17,27-28,31,39,59H,11-12,15,18-19H2,1-2H3,(H,51,60)(H,54,55)/t27-,28+,31-/m0/s1. The number of rotatable bonds is 14.